The minimum absolute atomic E-state index is 0.0485. The highest BCUT2D eigenvalue weighted by Crippen LogP contribution is 2.27. The fourth-order valence-electron chi connectivity index (χ4n) is 3.39. The SMILES string of the molecule is CCC(C)N(Cc1nc2ccc(Oc3ccc(-c4ccn[nH]4)cc3)cc2[nH]1)C(C)=O. The van der Waals surface area contributed by atoms with E-state index in [0.29, 0.717) is 6.54 Å². The Bertz CT molecular complexity index is 1130. The number of benzene rings is 2. The summed E-state index contributed by atoms with van der Waals surface area (Å²) >= 11 is 0. The van der Waals surface area contributed by atoms with Crippen LogP contribution in [0.25, 0.3) is 22.3 Å². The van der Waals surface area contributed by atoms with E-state index in [4.69, 9.17) is 4.74 Å². The fraction of sp³-hybridized carbons (Fsp3) is 0.261. The molecule has 0 saturated carbocycles. The first-order valence-electron chi connectivity index (χ1n) is 10.1. The second-order valence-corrected chi connectivity index (χ2v) is 7.36. The Labute approximate surface area is 175 Å². The predicted octanol–water partition coefficient (Wildman–Crippen LogP) is 4.89. The number of carbonyl (C=O) groups is 1. The number of hydrogen-bond acceptors (Lipinski definition) is 4. The number of ether oxygens (including phenoxy) is 1. The van der Waals surface area contributed by atoms with Gasteiger partial charge < -0.3 is 14.6 Å². The molecule has 154 valence electrons. The fourth-order valence-corrected chi connectivity index (χ4v) is 3.39. The average molecular weight is 403 g/mol. The summed E-state index contributed by atoms with van der Waals surface area (Å²) in [5, 5.41) is 6.92. The van der Waals surface area contributed by atoms with Gasteiger partial charge in [0.25, 0.3) is 0 Å². The number of fused-ring (bicyclic) bond motifs is 1. The highest BCUT2D eigenvalue weighted by Gasteiger charge is 2.17. The van der Waals surface area contributed by atoms with Crippen molar-refractivity contribution in [3.63, 3.8) is 0 Å². The number of hydrogen-bond donors (Lipinski definition) is 2. The van der Waals surface area contributed by atoms with E-state index in [0.717, 1.165) is 46.0 Å². The van der Waals surface area contributed by atoms with Crippen LogP contribution in [0.1, 0.15) is 33.0 Å². The summed E-state index contributed by atoms with van der Waals surface area (Å²) in [5.74, 6) is 2.28. The standard InChI is InChI=1S/C23H25N5O2/c1-4-15(2)28(16(3)29)14-23-25-21-10-9-19(13-22(21)26-23)30-18-7-5-17(6-8-18)20-11-12-24-27-20/h5-13,15H,4,14H2,1-3H3,(H,24,27)(H,25,26). The molecule has 2 aromatic heterocycles. The second-order valence-electron chi connectivity index (χ2n) is 7.36. The van der Waals surface area contributed by atoms with Crippen molar-refractivity contribution < 1.29 is 9.53 Å². The van der Waals surface area contributed by atoms with E-state index in [1.165, 1.54) is 0 Å². The van der Waals surface area contributed by atoms with E-state index in [1.54, 1.807) is 13.1 Å². The maximum Gasteiger partial charge on any atom is 0.220 e. The molecule has 2 N–H and O–H groups in total. The zero-order valence-electron chi connectivity index (χ0n) is 17.3. The minimum atomic E-state index is 0.0485. The van der Waals surface area contributed by atoms with Gasteiger partial charge in [0.05, 0.1) is 23.3 Å². The summed E-state index contributed by atoms with van der Waals surface area (Å²) in [7, 11) is 0. The van der Waals surface area contributed by atoms with Crippen LogP contribution >= 0.6 is 0 Å². The molecule has 0 aliphatic heterocycles. The molecule has 0 fully saturated rings. The number of H-pyrrole nitrogens is 2. The second kappa shape index (κ2) is 8.41. The molecule has 4 aromatic rings. The number of imidazole rings is 1. The average Bonchev–Trinajstić information content (AvgIpc) is 3.41. The molecule has 0 radical (unpaired) electrons. The lowest BCUT2D eigenvalue weighted by Crippen LogP contribution is -2.36. The van der Waals surface area contributed by atoms with Gasteiger partial charge in [-0.2, -0.15) is 5.10 Å². The number of rotatable bonds is 7. The smallest absolute Gasteiger partial charge is 0.220 e. The van der Waals surface area contributed by atoms with E-state index in [9.17, 15) is 4.79 Å². The Morgan fingerprint density at radius 3 is 2.57 bits per heavy atom. The quantitative estimate of drug-likeness (QED) is 0.460. The van der Waals surface area contributed by atoms with Crippen molar-refractivity contribution in [2.75, 3.05) is 0 Å². The Morgan fingerprint density at radius 2 is 1.90 bits per heavy atom. The van der Waals surface area contributed by atoms with Crippen LogP contribution in [0.5, 0.6) is 11.5 Å². The predicted molar refractivity (Wildman–Crippen MR) is 116 cm³/mol. The number of carbonyl (C=O) groups excluding carboxylic acids is 1. The van der Waals surface area contributed by atoms with Crippen molar-refractivity contribution in [2.24, 2.45) is 0 Å². The highest BCUT2D eigenvalue weighted by atomic mass is 16.5. The summed E-state index contributed by atoms with van der Waals surface area (Å²) in [6.07, 6.45) is 2.63. The van der Waals surface area contributed by atoms with E-state index < -0.39 is 0 Å². The molecule has 1 atom stereocenters. The van der Waals surface area contributed by atoms with Gasteiger partial charge in [0.15, 0.2) is 0 Å². The van der Waals surface area contributed by atoms with Crippen LogP contribution in [0.3, 0.4) is 0 Å². The normalized spacial score (nSPS) is 12.1. The first-order valence-corrected chi connectivity index (χ1v) is 10.1. The lowest BCUT2D eigenvalue weighted by Gasteiger charge is -2.26. The van der Waals surface area contributed by atoms with Gasteiger partial charge in [-0.3, -0.25) is 9.89 Å². The number of nitrogens with one attached hydrogen (secondary N) is 2. The molecule has 2 heterocycles. The van der Waals surface area contributed by atoms with Gasteiger partial charge in [0.1, 0.15) is 17.3 Å². The summed E-state index contributed by atoms with van der Waals surface area (Å²) in [6, 6.07) is 15.7. The van der Waals surface area contributed by atoms with Gasteiger partial charge in [-0.15, -0.1) is 0 Å². The molecule has 0 saturated heterocycles. The lowest BCUT2D eigenvalue weighted by molar-refractivity contribution is -0.131. The number of nitrogens with zero attached hydrogens (tertiary/aromatic N) is 3. The van der Waals surface area contributed by atoms with Crippen LogP contribution < -0.4 is 4.74 Å². The minimum Gasteiger partial charge on any atom is -0.457 e. The van der Waals surface area contributed by atoms with Crippen LogP contribution in [0.2, 0.25) is 0 Å². The van der Waals surface area contributed by atoms with Crippen LogP contribution in [0.15, 0.2) is 54.7 Å². The maximum atomic E-state index is 12.0. The third-order valence-corrected chi connectivity index (χ3v) is 5.25. The van der Waals surface area contributed by atoms with Crippen molar-refractivity contribution in [3.8, 4) is 22.8 Å². The largest absolute Gasteiger partial charge is 0.457 e. The van der Waals surface area contributed by atoms with E-state index >= 15 is 0 Å². The Balaban J connectivity index is 1.50. The number of amides is 1. The molecule has 0 bridgehead atoms. The molecule has 7 heteroatoms. The topological polar surface area (TPSA) is 86.9 Å². The molecule has 30 heavy (non-hydrogen) atoms. The first kappa shape index (κ1) is 19.7. The third kappa shape index (κ3) is 4.20. The monoisotopic (exact) mass is 403 g/mol. The summed E-state index contributed by atoms with van der Waals surface area (Å²) in [4.78, 5) is 21.8. The number of aromatic amines is 2. The van der Waals surface area contributed by atoms with E-state index in [-0.39, 0.29) is 11.9 Å². The maximum absolute atomic E-state index is 12.0. The van der Waals surface area contributed by atoms with Crippen LogP contribution in [-0.4, -0.2) is 37.0 Å². The zero-order valence-corrected chi connectivity index (χ0v) is 17.3. The molecule has 0 aliphatic rings. The first-order chi connectivity index (χ1) is 14.5. The van der Waals surface area contributed by atoms with Gasteiger partial charge in [-0.1, -0.05) is 6.92 Å². The van der Waals surface area contributed by atoms with E-state index in [2.05, 4.69) is 27.1 Å². The van der Waals surface area contributed by atoms with Crippen LogP contribution in [0.4, 0.5) is 0 Å². The van der Waals surface area contributed by atoms with Crippen LogP contribution in [-0.2, 0) is 11.3 Å². The molecule has 2 aromatic carbocycles. The molecular formula is C23H25N5O2. The summed E-state index contributed by atoms with van der Waals surface area (Å²) < 4.78 is 6.00. The summed E-state index contributed by atoms with van der Waals surface area (Å²) in [5.41, 5.74) is 3.73. The van der Waals surface area contributed by atoms with Crippen molar-refractivity contribution >= 4 is 16.9 Å². The lowest BCUT2D eigenvalue weighted by atomic mass is 10.1. The third-order valence-electron chi connectivity index (χ3n) is 5.25. The van der Waals surface area contributed by atoms with E-state index in [1.807, 2.05) is 60.4 Å². The summed E-state index contributed by atoms with van der Waals surface area (Å²) in [6.45, 7) is 6.18. The highest BCUT2D eigenvalue weighted by molar-refractivity contribution is 5.77. The molecule has 7 nitrogen and oxygen atoms in total. The van der Waals surface area contributed by atoms with Crippen molar-refractivity contribution in [2.45, 2.75) is 39.8 Å². The van der Waals surface area contributed by atoms with Gasteiger partial charge in [0.2, 0.25) is 5.91 Å². The van der Waals surface area contributed by atoms with Gasteiger partial charge in [0, 0.05) is 25.2 Å². The molecule has 1 amide bonds. The van der Waals surface area contributed by atoms with Gasteiger partial charge in [-0.25, -0.2) is 4.98 Å². The molecule has 0 aliphatic carbocycles. The van der Waals surface area contributed by atoms with Gasteiger partial charge in [-0.05, 0) is 61.4 Å². The van der Waals surface area contributed by atoms with Crippen molar-refractivity contribution in [1.82, 2.24) is 25.1 Å². The number of aromatic nitrogens is 4. The molecule has 0 spiro atoms. The van der Waals surface area contributed by atoms with Crippen LogP contribution in [0, 0.1) is 0 Å². The van der Waals surface area contributed by atoms with Gasteiger partial charge >= 0.3 is 0 Å². The Hall–Kier alpha value is -3.61. The zero-order chi connectivity index (χ0) is 21.1. The van der Waals surface area contributed by atoms with Crippen molar-refractivity contribution in [3.05, 3.63) is 60.6 Å². The molecule has 4 rings (SSSR count). The molecular weight excluding hydrogens is 378 g/mol. The Kier molecular flexibility index (Phi) is 5.52. The van der Waals surface area contributed by atoms with Crippen molar-refractivity contribution in [1.29, 1.82) is 0 Å². The molecule has 1 unspecified atom stereocenters. The Morgan fingerprint density at radius 1 is 1.13 bits per heavy atom.